The van der Waals surface area contributed by atoms with Gasteiger partial charge in [0.1, 0.15) is 18.2 Å². The van der Waals surface area contributed by atoms with Crippen molar-refractivity contribution >= 4 is 11.8 Å². The van der Waals surface area contributed by atoms with Crippen molar-refractivity contribution in [3.63, 3.8) is 0 Å². The Balaban J connectivity index is 2.12. The molecular weight excluding hydrogens is 258 g/mol. The Labute approximate surface area is 118 Å². The second-order valence-corrected chi connectivity index (χ2v) is 4.94. The predicted molar refractivity (Wildman–Crippen MR) is 72.6 cm³/mol. The molecule has 2 rings (SSSR count). The Morgan fingerprint density at radius 2 is 2.20 bits per heavy atom. The first-order chi connectivity index (χ1) is 9.65. The lowest BCUT2D eigenvalue weighted by Gasteiger charge is -2.23. The van der Waals surface area contributed by atoms with E-state index in [1.54, 1.807) is 4.90 Å². The first-order valence-electron chi connectivity index (χ1n) is 7.10. The van der Waals surface area contributed by atoms with Gasteiger partial charge >= 0.3 is 0 Å². The molecular formula is C13H21N5O2. The maximum Gasteiger partial charge on any atom is 0.245 e. The molecule has 1 N–H and O–H groups in total. The lowest BCUT2D eigenvalue weighted by Crippen LogP contribution is -2.44. The van der Waals surface area contributed by atoms with E-state index in [-0.39, 0.29) is 11.8 Å². The number of nitrogens with one attached hydrogen (secondary N) is 1. The zero-order chi connectivity index (χ0) is 14.5. The SMILES string of the molecule is CCCn1ncnc1CN1CCC(=O)NC(CC)C1=O. The van der Waals surface area contributed by atoms with Gasteiger partial charge in [-0.25, -0.2) is 9.67 Å². The third-order valence-corrected chi connectivity index (χ3v) is 3.43. The fourth-order valence-corrected chi connectivity index (χ4v) is 2.31. The average molecular weight is 279 g/mol. The van der Waals surface area contributed by atoms with Crippen LogP contribution in [0.1, 0.15) is 38.9 Å². The van der Waals surface area contributed by atoms with Gasteiger partial charge in [0.2, 0.25) is 11.8 Å². The summed E-state index contributed by atoms with van der Waals surface area (Å²) < 4.78 is 1.81. The number of carbonyl (C=O) groups is 2. The molecule has 7 nitrogen and oxygen atoms in total. The smallest absolute Gasteiger partial charge is 0.245 e. The second kappa shape index (κ2) is 6.49. The van der Waals surface area contributed by atoms with E-state index in [0.29, 0.717) is 25.9 Å². The monoisotopic (exact) mass is 279 g/mol. The number of aryl methyl sites for hydroxylation is 1. The summed E-state index contributed by atoms with van der Waals surface area (Å²) in [5.41, 5.74) is 0. The van der Waals surface area contributed by atoms with E-state index in [9.17, 15) is 9.59 Å². The van der Waals surface area contributed by atoms with Gasteiger partial charge in [0.05, 0.1) is 6.54 Å². The molecule has 0 aromatic carbocycles. The largest absolute Gasteiger partial charge is 0.344 e. The summed E-state index contributed by atoms with van der Waals surface area (Å²) in [4.78, 5) is 29.9. The Kier molecular flexibility index (Phi) is 4.70. The first kappa shape index (κ1) is 14.5. The van der Waals surface area contributed by atoms with Gasteiger partial charge in [-0.15, -0.1) is 0 Å². The van der Waals surface area contributed by atoms with Crippen molar-refractivity contribution in [1.82, 2.24) is 25.0 Å². The molecule has 2 heterocycles. The van der Waals surface area contributed by atoms with Gasteiger partial charge < -0.3 is 10.2 Å². The van der Waals surface area contributed by atoms with E-state index in [1.807, 2.05) is 11.6 Å². The van der Waals surface area contributed by atoms with Crippen LogP contribution in [0.2, 0.25) is 0 Å². The Morgan fingerprint density at radius 1 is 1.40 bits per heavy atom. The molecule has 0 aliphatic carbocycles. The zero-order valence-electron chi connectivity index (χ0n) is 12.0. The molecule has 1 atom stereocenters. The molecule has 110 valence electrons. The Morgan fingerprint density at radius 3 is 2.90 bits per heavy atom. The summed E-state index contributed by atoms with van der Waals surface area (Å²) in [6.45, 7) is 5.58. The summed E-state index contributed by atoms with van der Waals surface area (Å²) in [5.74, 6) is 0.663. The number of hydrogen-bond donors (Lipinski definition) is 1. The lowest BCUT2D eigenvalue weighted by atomic mass is 10.2. The number of aromatic nitrogens is 3. The third-order valence-electron chi connectivity index (χ3n) is 3.43. The molecule has 0 bridgehead atoms. The number of hydrogen-bond acceptors (Lipinski definition) is 4. The van der Waals surface area contributed by atoms with Gasteiger partial charge in [-0.05, 0) is 12.8 Å². The maximum absolute atomic E-state index is 12.4. The van der Waals surface area contributed by atoms with Gasteiger partial charge in [-0.2, -0.15) is 5.10 Å². The van der Waals surface area contributed by atoms with E-state index < -0.39 is 6.04 Å². The number of carbonyl (C=O) groups excluding carboxylic acids is 2. The summed E-state index contributed by atoms with van der Waals surface area (Å²) in [6, 6.07) is -0.424. The van der Waals surface area contributed by atoms with Gasteiger partial charge in [0.15, 0.2) is 0 Å². The molecule has 1 fully saturated rings. The van der Waals surface area contributed by atoms with Crippen LogP contribution in [0.15, 0.2) is 6.33 Å². The predicted octanol–water partition coefficient (Wildman–Crippen LogP) is 0.315. The molecule has 1 aromatic heterocycles. The molecule has 2 amide bonds. The molecule has 0 saturated carbocycles. The van der Waals surface area contributed by atoms with Crippen molar-refractivity contribution in [3.05, 3.63) is 12.2 Å². The molecule has 1 aliphatic heterocycles. The lowest BCUT2D eigenvalue weighted by molar-refractivity contribution is -0.134. The minimum atomic E-state index is -0.424. The van der Waals surface area contributed by atoms with Crippen molar-refractivity contribution in [2.75, 3.05) is 6.54 Å². The number of rotatable bonds is 5. The third kappa shape index (κ3) is 3.15. The van der Waals surface area contributed by atoms with Crippen molar-refractivity contribution in [3.8, 4) is 0 Å². The molecule has 0 radical (unpaired) electrons. The normalized spacial score (nSPS) is 19.9. The average Bonchev–Trinajstić information content (AvgIpc) is 2.82. The topological polar surface area (TPSA) is 80.1 Å². The van der Waals surface area contributed by atoms with Crippen molar-refractivity contribution in [1.29, 1.82) is 0 Å². The highest BCUT2D eigenvalue weighted by molar-refractivity contribution is 5.89. The van der Waals surface area contributed by atoms with Crippen molar-refractivity contribution in [2.24, 2.45) is 0 Å². The summed E-state index contributed by atoms with van der Waals surface area (Å²) in [5, 5.41) is 6.91. The van der Waals surface area contributed by atoms with Crippen LogP contribution in [0, 0.1) is 0 Å². The fourth-order valence-electron chi connectivity index (χ4n) is 2.31. The summed E-state index contributed by atoms with van der Waals surface area (Å²) in [6.07, 6.45) is 3.41. The Bertz CT molecular complexity index is 485. The molecule has 1 aliphatic rings. The van der Waals surface area contributed by atoms with Crippen LogP contribution in [0.4, 0.5) is 0 Å². The Hall–Kier alpha value is -1.92. The van der Waals surface area contributed by atoms with Crippen LogP contribution in [-0.4, -0.2) is 44.1 Å². The fraction of sp³-hybridized carbons (Fsp3) is 0.692. The highest BCUT2D eigenvalue weighted by Crippen LogP contribution is 2.10. The van der Waals surface area contributed by atoms with Crippen LogP contribution in [0.3, 0.4) is 0 Å². The minimum absolute atomic E-state index is 0.0376. The van der Waals surface area contributed by atoms with Gasteiger partial charge in [-0.1, -0.05) is 13.8 Å². The standard InChI is InChI=1S/C13H21N5O2/c1-3-6-18-11(14-9-15-18)8-17-7-5-12(19)16-10(4-2)13(17)20/h9-10H,3-8H2,1-2H3,(H,16,19). The van der Waals surface area contributed by atoms with Crippen LogP contribution in [-0.2, 0) is 22.7 Å². The van der Waals surface area contributed by atoms with Gasteiger partial charge in [-0.3, -0.25) is 9.59 Å². The summed E-state index contributed by atoms with van der Waals surface area (Å²) in [7, 11) is 0. The van der Waals surface area contributed by atoms with E-state index in [0.717, 1.165) is 18.8 Å². The van der Waals surface area contributed by atoms with E-state index >= 15 is 0 Å². The van der Waals surface area contributed by atoms with E-state index in [4.69, 9.17) is 0 Å². The highest BCUT2D eigenvalue weighted by atomic mass is 16.2. The minimum Gasteiger partial charge on any atom is -0.344 e. The molecule has 1 aromatic rings. The first-order valence-corrected chi connectivity index (χ1v) is 7.10. The van der Waals surface area contributed by atoms with Gasteiger partial charge in [0.25, 0.3) is 0 Å². The molecule has 1 unspecified atom stereocenters. The highest BCUT2D eigenvalue weighted by Gasteiger charge is 2.29. The van der Waals surface area contributed by atoms with E-state index in [1.165, 1.54) is 6.33 Å². The molecule has 20 heavy (non-hydrogen) atoms. The molecule has 0 spiro atoms. The van der Waals surface area contributed by atoms with Crippen LogP contribution >= 0.6 is 0 Å². The van der Waals surface area contributed by atoms with Crippen molar-refractivity contribution < 1.29 is 9.59 Å². The van der Waals surface area contributed by atoms with Crippen LogP contribution < -0.4 is 5.32 Å². The second-order valence-electron chi connectivity index (χ2n) is 4.94. The maximum atomic E-state index is 12.4. The van der Waals surface area contributed by atoms with Crippen molar-refractivity contribution in [2.45, 2.75) is 52.2 Å². The number of nitrogens with zero attached hydrogens (tertiary/aromatic N) is 4. The number of amides is 2. The summed E-state index contributed by atoms with van der Waals surface area (Å²) >= 11 is 0. The molecule has 7 heteroatoms. The van der Waals surface area contributed by atoms with Crippen LogP contribution in [0.25, 0.3) is 0 Å². The quantitative estimate of drug-likeness (QED) is 0.841. The molecule has 1 saturated heterocycles. The zero-order valence-corrected chi connectivity index (χ0v) is 12.0. The van der Waals surface area contributed by atoms with E-state index in [2.05, 4.69) is 22.3 Å². The van der Waals surface area contributed by atoms with Gasteiger partial charge in [0, 0.05) is 19.5 Å². The van der Waals surface area contributed by atoms with Crippen LogP contribution in [0.5, 0.6) is 0 Å².